The highest BCUT2D eigenvalue weighted by Crippen LogP contribution is 2.37. The van der Waals surface area contributed by atoms with Crippen molar-refractivity contribution in [3.8, 4) is 10.4 Å². The normalized spacial score (nSPS) is 10.6. The minimum atomic E-state index is -0.344. The predicted molar refractivity (Wildman–Crippen MR) is 84.3 cm³/mol. The van der Waals surface area contributed by atoms with E-state index in [4.69, 9.17) is 10.5 Å². The van der Waals surface area contributed by atoms with Crippen LogP contribution in [0.15, 0.2) is 18.2 Å². The van der Waals surface area contributed by atoms with Gasteiger partial charge in [-0.05, 0) is 50.5 Å². The molecule has 0 amide bonds. The zero-order chi connectivity index (χ0) is 14.9. The van der Waals surface area contributed by atoms with E-state index < -0.39 is 0 Å². The summed E-state index contributed by atoms with van der Waals surface area (Å²) in [5.41, 5.74) is 11.2. The lowest BCUT2D eigenvalue weighted by molar-refractivity contribution is 0.0533. The van der Waals surface area contributed by atoms with Crippen LogP contribution in [0.25, 0.3) is 10.4 Å². The molecule has 1 heterocycles. The zero-order valence-electron chi connectivity index (χ0n) is 12.2. The monoisotopic (exact) mass is 289 g/mol. The van der Waals surface area contributed by atoms with Crippen LogP contribution >= 0.6 is 11.3 Å². The molecular weight excluding hydrogens is 270 g/mol. The molecule has 0 bridgehead atoms. The Bertz CT molecular complexity index is 635. The Kier molecular flexibility index (Phi) is 4.14. The van der Waals surface area contributed by atoms with E-state index in [1.807, 2.05) is 6.07 Å². The Hall–Kier alpha value is -1.81. The molecule has 1 aromatic carbocycles. The van der Waals surface area contributed by atoms with E-state index in [2.05, 4.69) is 32.9 Å². The summed E-state index contributed by atoms with van der Waals surface area (Å²) in [5, 5.41) is 0. The van der Waals surface area contributed by atoms with Gasteiger partial charge in [-0.1, -0.05) is 17.7 Å². The molecule has 0 saturated heterocycles. The van der Waals surface area contributed by atoms with Gasteiger partial charge < -0.3 is 10.5 Å². The summed E-state index contributed by atoms with van der Waals surface area (Å²) in [6.45, 7) is 8.38. The van der Waals surface area contributed by atoms with E-state index in [1.54, 1.807) is 6.92 Å². The number of ether oxygens (including phenoxy) is 1. The number of esters is 1. The third-order valence-corrected chi connectivity index (χ3v) is 4.29. The summed E-state index contributed by atoms with van der Waals surface area (Å²) in [5.74, 6) is -0.344. The highest BCUT2D eigenvalue weighted by Gasteiger charge is 2.18. The molecule has 0 spiro atoms. The van der Waals surface area contributed by atoms with Crippen LogP contribution in [0.1, 0.15) is 33.3 Å². The zero-order valence-corrected chi connectivity index (χ0v) is 13.1. The lowest BCUT2D eigenvalue weighted by Crippen LogP contribution is -2.04. The number of nitrogens with two attached hydrogens (primary N) is 1. The summed E-state index contributed by atoms with van der Waals surface area (Å²) in [4.78, 5) is 13.3. The Morgan fingerprint density at radius 3 is 2.35 bits per heavy atom. The van der Waals surface area contributed by atoms with Crippen molar-refractivity contribution in [2.24, 2.45) is 0 Å². The van der Waals surface area contributed by atoms with Crippen LogP contribution in [0.4, 0.5) is 5.69 Å². The first kappa shape index (κ1) is 14.6. The van der Waals surface area contributed by atoms with Crippen molar-refractivity contribution >= 4 is 23.0 Å². The van der Waals surface area contributed by atoms with E-state index in [1.165, 1.54) is 28.0 Å². The largest absolute Gasteiger partial charge is 0.462 e. The summed E-state index contributed by atoms with van der Waals surface area (Å²) in [7, 11) is 0. The Morgan fingerprint density at radius 2 is 1.80 bits per heavy atom. The fourth-order valence-electron chi connectivity index (χ4n) is 2.45. The van der Waals surface area contributed by atoms with Gasteiger partial charge in [0, 0.05) is 4.88 Å². The molecule has 0 radical (unpaired) electrons. The molecule has 0 aliphatic heterocycles. The first-order chi connectivity index (χ1) is 9.43. The molecular formula is C16H19NO2S. The van der Waals surface area contributed by atoms with Gasteiger partial charge in [-0.3, -0.25) is 0 Å². The van der Waals surface area contributed by atoms with E-state index >= 15 is 0 Å². The van der Waals surface area contributed by atoms with Gasteiger partial charge in [-0.2, -0.15) is 0 Å². The van der Waals surface area contributed by atoms with Crippen LogP contribution < -0.4 is 5.73 Å². The van der Waals surface area contributed by atoms with Crippen LogP contribution in [-0.4, -0.2) is 12.6 Å². The lowest BCUT2D eigenvalue weighted by atomic mass is 9.98. The molecule has 2 aromatic rings. The van der Waals surface area contributed by atoms with Crippen molar-refractivity contribution in [3.63, 3.8) is 0 Å². The molecule has 0 aliphatic carbocycles. The average molecular weight is 289 g/mol. The third-order valence-electron chi connectivity index (χ3n) is 3.15. The molecule has 2 N–H and O–H groups in total. The van der Waals surface area contributed by atoms with Crippen LogP contribution in [-0.2, 0) is 4.74 Å². The number of carbonyl (C=O) groups excluding carboxylic acids is 1. The number of hydrogen-bond donors (Lipinski definition) is 1. The Balaban J connectivity index is 2.50. The second-order valence-corrected chi connectivity index (χ2v) is 5.94. The van der Waals surface area contributed by atoms with Gasteiger partial charge in [-0.25, -0.2) is 4.79 Å². The maximum atomic E-state index is 11.8. The van der Waals surface area contributed by atoms with E-state index in [0.29, 0.717) is 17.2 Å². The van der Waals surface area contributed by atoms with Crippen molar-refractivity contribution in [3.05, 3.63) is 39.8 Å². The fraction of sp³-hybridized carbons (Fsp3) is 0.312. The van der Waals surface area contributed by atoms with Crippen molar-refractivity contribution in [1.29, 1.82) is 0 Å². The van der Waals surface area contributed by atoms with Gasteiger partial charge >= 0.3 is 5.97 Å². The average Bonchev–Trinajstić information content (AvgIpc) is 2.70. The number of anilines is 1. The van der Waals surface area contributed by atoms with Crippen LogP contribution in [0.3, 0.4) is 0 Å². The number of carbonyl (C=O) groups is 1. The summed E-state index contributed by atoms with van der Waals surface area (Å²) in [6, 6.07) is 6.14. The molecule has 1 aromatic heterocycles. The van der Waals surface area contributed by atoms with Gasteiger partial charge in [0.15, 0.2) is 0 Å². The molecule has 0 unspecified atom stereocenters. The lowest BCUT2D eigenvalue weighted by Gasteiger charge is -2.09. The molecule has 0 fully saturated rings. The number of aryl methyl sites for hydroxylation is 3. The van der Waals surface area contributed by atoms with Crippen molar-refractivity contribution in [2.45, 2.75) is 27.7 Å². The van der Waals surface area contributed by atoms with Crippen molar-refractivity contribution in [2.75, 3.05) is 12.3 Å². The van der Waals surface area contributed by atoms with Gasteiger partial charge in [0.1, 0.15) is 4.88 Å². The number of nitrogen functional groups attached to an aromatic ring is 1. The first-order valence-corrected chi connectivity index (χ1v) is 7.40. The summed E-state index contributed by atoms with van der Waals surface area (Å²) < 4.78 is 5.03. The van der Waals surface area contributed by atoms with Gasteiger partial charge in [0.2, 0.25) is 0 Å². The van der Waals surface area contributed by atoms with Gasteiger partial charge in [-0.15, -0.1) is 11.3 Å². The summed E-state index contributed by atoms with van der Waals surface area (Å²) >= 11 is 1.40. The molecule has 0 aliphatic rings. The minimum Gasteiger partial charge on any atom is -0.462 e. The smallest absolute Gasteiger partial charge is 0.350 e. The Morgan fingerprint density at radius 1 is 1.20 bits per heavy atom. The van der Waals surface area contributed by atoms with Crippen LogP contribution in [0.5, 0.6) is 0 Å². The molecule has 106 valence electrons. The standard InChI is InChI=1S/C16H19NO2S/c1-5-19-16(18)15-12(17)8-13(20-15)14-10(3)6-9(2)7-11(14)4/h6-8H,5,17H2,1-4H3. The first-order valence-electron chi connectivity index (χ1n) is 6.58. The van der Waals surface area contributed by atoms with Crippen molar-refractivity contribution in [1.82, 2.24) is 0 Å². The molecule has 4 heteroatoms. The number of benzene rings is 1. The highest BCUT2D eigenvalue weighted by molar-refractivity contribution is 7.18. The van der Waals surface area contributed by atoms with Crippen molar-refractivity contribution < 1.29 is 9.53 Å². The predicted octanol–water partition coefficient (Wildman–Crippen LogP) is 4.10. The van der Waals surface area contributed by atoms with Crippen LogP contribution in [0.2, 0.25) is 0 Å². The SMILES string of the molecule is CCOC(=O)c1sc(-c2c(C)cc(C)cc2C)cc1N. The third kappa shape index (κ3) is 2.70. The maximum Gasteiger partial charge on any atom is 0.350 e. The topological polar surface area (TPSA) is 52.3 Å². The quantitative estimate of drug-likeness (QED) is 0.865. The minimum absolute atomic E-state index is 0.344. The molecule has 2 rings (SSSR count). The van der Waals surface area contributed by atoms with E-state index in [9.17, 15) is 4.79 Å². The molecule has 0 saturated carbocycles. The number of hydrogen-bond acceptors (Lipinski definition) is 4. The summed E-state index contributed by atoms with van der Waals surface area (Å²) in [6.07, 6.45) is 0. The van der Waals surface area contributed by atoms with Gasteiger partial charge in [0.05, 0.1) is 12.3 Å². The maximum absolute atomic E-state index is 11.8. The number of rotatable bonds is 3. The van der Waals surface area contributed by atoms with Gasteiger partial charge in [0.25, 0.3) is 0 Å². The fourth-order valence-corrected chi connectivity index (χ4v) is 3.60. The molecule has 3 nitrogen and oxygen atoms in total. The molecule has 0 atom stereocenters. The second-order valence-electron chi connectivity index (χ2n) is 4.89. The highest BCUT2D eigenvalue weighted by atomic mass is 32.1. The second kappa shape index (κ2) is 5.67. The number of thiophene rings is 1. The van der Waals surface area contributed by atoms with E-state index in [-0.39, 0.29) is 5.97 Å². The Labute approximate surface area is 123 Å². The molecule has 20 heavy (non-hydrogen) atoms. The van der Waals surface area contributed by atoms with Crippen LogP contribution in [0, 0.1) is 20.8 Å². The van der Waals surface area contributed by atoms with E-state index in [0.717, 1.165) is 10.4 Å².